The van der Waals surface area contributed by atoms with E-state index in [1.54, 1.807) is 37.0 Å². The van der Waals surface area contributed by atoms with Crippen LogP contribution in [0.3, 0.4) is 0 Å². The lowest BCUT2D eigenvalue weighted by molar-refractivity contribution is 0.0479. The standard InChI is InChI=1S/C16H20N2O4/c1-5-21-15(19)13-11(3)18(17-9-7-8-10-17)12(4)14(13)16(20)22-6-2/h7-10H,5-6H2,1-4H3. The van der Waals surface area contributed by atoms with Crippen LogP contribution in [0.15, 0.2) is 24.5 Å². The van der Waals surface area contributed by atoms with Crippen LogP contribution in [0.1, 0.15) is 46.0 Å². The van der Waals surface area contributed by atoms with E-state index in [4.69, 9.17) is 9.47 Å². The topological polar surface area (TPSA) is 62.5 Å². The van der Waals surface area contributed by atoms with Crippen LogP contribution in [-0.4, -0.2) is 34.5 Å². The fourth-order valence-electron chi connectivity index (χ4n) is 2.54. The van der Waals surface area contributed by atoms with E-state index in [-0.39, 0.29) is 24.3 Å². The van der Waals surface area contributed by atoms with Gasteiger partial charge < -0.3 is 9.47 Å². The number of carbonyl (C=O) groups is 2. The van der Waals surface area contributed by atoms with Gasteiger partial charge in [0.25, 0.3) is 0 Å². The maximum atomic E-state index is 12.3. The lowest BCUT2D eigenvalue weighted by atomic mass is 10.1. The Morgan fingerprint density at radius 3 is 1.68 bits per heavy atom. The van der Waals surface area contributed by atoms with Crippen molar-refractivity contribution in [3.05, 3.63) is 47.0 Å². The minimum absolute atomic E-state index is 0.244. The smallest absolute Gasteiger partial charge is 0.340 e. The Bertz CT molecular complexity index is 642. The second-order valence-electron chi connectivity index (χ2n) is 4.74. The van der Waals surface area contributed by atoms with Gasteiger partial charge in [0.05, 0.1) is 35.7 Å². The van der Waals surface area contributed by atoms with Crippen molar-refractivity contribution in [3.63, 3.8) is 0 Å². The molecule has 0 spiro atoms. The number of hydrogen-bond donors (Lipinski definition) is 0. The summed E-state index contributed by atoms with van der Waals surface area (Å²) >= 11 is 0. The Balaban J connectivity index is 2.67. The third-order valence-electron chi connectivity index (χ3n) is 3.39. The van der Waals surface area contributed by atoms with Gasteiger partial charge in [0.15, 0.2) is 0 Å². The number of hydrogen-bond acceptors (Lipinski definition) is 4. The molecular formula is C16H20N2O4. The Labute approximate surface area is 129 Å². The molecule has 0 aliphatic heterocycles. The highest BCUT2D eigenvalue weighted by Crippen LogP contribution is 2.24. The average molecular weight is 304 g/mol. The van der Waals surface area contributed by atoms with E-state index in [0.29, 0.717) is 11.4 Å². The molecule has 22 heavy (non-hydrogen) atoms. The van der Waals surface area contributed by atoms with Crippen molar-refractivity contribution in [1.82, 2.24) is 9.35 Å². The molecule has 0 saturated carbocycles. The normalized spacial score (nSPS) is 10.5. The summed E-state index contributed by atoms with van der Waals surface area (Å²) in [6.07, 6.45) is 3.67. The van der Waals surface area contributed by atoms with Crippen LogP contribution in [0.2, 0.25) is 0 Å². The molecule has 0 fully saturated rings. The fraction of sp³-hybridized carbons (Fsp3) is 0.375. The first-order valence-corrected chi connectivity index (χ1v) is 7.22. The number of rotatable bonds is 5. The summed E-state index contributed by atoms with van der Waals surface area (Å²) in [5, 5.41) is 0. The molecule has 0 unspecified atom stereocenters. The van der Waals surface area contributed by atoms with Crippen molar-refractivity contribution in [2.24, 2.45) is 0 Å². The van der Waals surface area contributed by atoms with Gasteiger partial charge >= 0.3 is 11.9 Å². The molecule has 0 amide bonds. The second-order valence-corrected chi connectivity index (χ2v) is 4.74. The molecule has 0 aliphatic carbocycles. The van der Waals surface area contributed by atoms with E-state index in [1.807, 2.05) is 24.5 Å². The molecule has 118 valence electrons. The zero-order valence-electron chi connectivity index (χ0n) is 13.3. The number of ether oxygens (including phenoxy) is 2. The lowest BCUT2D eigenvalue weighted by Crippen LogP contribution is -2.13. The summed E-state index contributed by atoms with van der Waals surface area (Å²) in [6, 6.07) is 3.74. The van der Waals surface area contributed by atoms with Crippen molar-refractivity contribution < 1.29 is 19.1 Å². The summed E-state index contributed by atoms with van der Waals surface area (Å²) in [5.74, 6) is -1.03. The third-order valence-corrected chi connectivity index (χ3v) is 3.39. The summed E-state index contributed by atoms with van der Waals surface area (Å²) < 4.78 is 13.8. The Hall–Kier alpha value is -2.50. The van der Waals surface area contributed by atoms with Gasteiger partial charge in [-0.05, 0) is 39.8 Å². The van der Waals surface area contributed by atoms with Gasteiger partial charge in [0.2, 0.25) is 0 Å². The van der Waals surface area contributed by atoms with E-state index in [2.05, 4.69) is 0 Å². The van der Waals surface area contributed by atoms with Crippen LogP contribution < -0.4 is 0 Å². The first-order chi connectivity index (χ1) is 10.5. The maximum absolute atomic E-state index is 12.3. The molecule has 2 heterocycles. The predicted octanol–water partition coefficient (Wildman–Crippen LogP) is 2.57. The predicted molar refractivity (Wildman–Crippen MR) is 81.0 cm³/mol. The van der Waals surface area contributed by atoms with Gasteiger partial charge in [-0.2, -0.15) is 0 Å². The Morgan fingerprint density at radius 2 is 1.32 bits per heavy atom. The van der Waals surface area contributed by atoms with E-state index in [1.165, 1.54) is 0 Å². The van der Waals surface area contributed by atoms with Gasteiger partial charge in [0, 0.05) is 12.4 Å². The molecule has 0 bridgehead atoms. The molecule has 0 aromatic carbocycles. The number of nitrogens with zero attached hydrogens (tertiary/aromatic N) is 2. The summed E-state index contributed by atoms with van der Waals surface area (Å²) in [6.45, 7) is 7.51. The van der Waals surface area contributed by atoms with Gasteiger partial charge in [-0.3, -0.25) is 9.35 Å². The van der Waals surface area contributed by atoms with Crippen LogP contribution in [0.4, 0.5) is 0 Å². The lowest BCUT2D eigenvalue weighted by Gasteiger charge is -2.10. The van der Waals surface area contributed by atoms with Gasteiger partial charge in [0.1, 0.15) is 0 Å². The average Bonchev–Trinajstić information content (AvgIpc) is 3.05. The van der Waals surface area contributed by atoms with Crippen LogP contribution in [-0.2, 0) is 9.47 Å². The maximum Gasteiger partial charge on any atom is 0.340 e. The summed E-state index contributed by atoms with van der Waals surface area (Å²) in [7, 11) is 0. The number of esters is 2. The minimum Gasteiger partial charge on any atom is -0.462 e. The largest absolute Gasteiger partial charge is 0.462 e. The minimum atomic E-state index is -0.517. The molecule has 0 N–H and O–H groups in total. The molecular weight excluding hydrogens is 284 g/mol. The highest BCUT2D eigenvalue weighted by atomic mass is 16.5. The van der Waals surface area contributed by atoms with Crippen LogP contribution in [0, 0.1) is 13.8 Å². The van der Waals surface area contributed by atoms with Crippen molar-refractivity contribution in [2.75, 3.05) is 13.2 Å². The number of aromatic nitrogens is 2. The summed E-state index contributed by atoms with van der Waals surface area (Å²) in [4.78, 5) is 24.6. The molecule has 2 rings (SSSR count). The van der Waals surface area contributed by atoms with Crippen molar-refractivity contribution in [1.29, 1.82) is 0 Å². The monoisotopic (exact) mass is 304 g/mol. The molecule has 0 saturated heterocycles. The SMILES string of the molecule is CCOC(=O)c1c(C(=O)OCC)c(C)n(-n2cccc2)c1C. The van der Waals surface area contributed by atoms with Gasteiger partial charge in [-0.15, -0.1) is 0 Å². The molecule has 6 nitrogen and oxygen atoms in total. The highest BCUT2D eigenvalue weighted by molar-refractivity contribution is 6.05. The first kappa shape index (κ1) is 15.9. The van der Waals surface area contributed by atoms with Gasteiger partial charge in [-0.1, -0.05) is 0 Å². The fourth-order valence-corrected chi connectivity index (χ4v) is 2.54. The highest BCUT2D eigenvalue weighted by Gasteiger charge is 2.29. The quantitative estimate of drug-likeness (QED) is 0.796. The van der Waals surface area contributed by atoms with E-state index in [9.17, 15) is 9.59 Å². The molecule has 0 aliphatic rings. The van der Waals surface area contributed by atoms with Gasteiger partial charge in [-0.25, -0.2) is 9.59 Å². The first-order valence-electron chi connectivity index (χ1n) is 7.22. The van der Waals surface area contributed by atoms with Crippen molar-refractivity contribution >= 4 is 11.9 Å². The molecule has 2 aromatic heterocycles. The third kappa shape index (κ3) is 2.64. The Kier molecular flexibility index (Phi) is 4.70. The second kappa shape index (κ2) is 6.51. The molecule has 2 aromatic rings. The summed E-state index contributed by atoms with van der Waals surface area (Å²) in [5.41, 5.74) is 1.78. The van der Waals surface area contributed by atoms with Crippen molar-refractivity contribution in [2.45, 2.75) is 27.7 Å². The van der Waals surface area contributed by atoms with Crippen LogP contribution in [0.25, 0.3) is 0 Å². The van der Waals surface area contributed by atoms with E-state index >= 15 is 0 Å². The zero-order chi connectivity index (χ0) is 16.3. The van der Waals surface area contributed by atoms with E-state index < -0.39 is 11.9 Å². The number of carbonyl (C=O) groups excluding carboxylic acids is 2. The van der Waals surface area contributed by atoms with Crippen LogP contribution in [0.5, 0.6) is 0 Å². The molecule has 0 atom stereocenters. The Morgan fingerprint density at radius 1 is 0.909 bits per heavy atom. The van der Waals surface area contributed by atoms with E-state index in [0.717, 1.165) is 0 Å². The van der Waals surface area contributed by atoms with Crippen molar-refractivity contribution in [3.8, 4) is 0 Å². The molecule has 0 radical (unpaired) electrons. The zero-order valence-corrected chi connectivity index (χ0v) is 13.3. The van der Waals surface area contributed by atoms with Crippen LogP contribution >= 0.6 is 0 Å². The molecule has 6 heteroatoms.